The van der Waals surface area contributed by atoms with Gasteiger partial charge in [0.1, 0.15) is 0 Å². The molecule has 0 aromatic heterocycles. The fourth-order valence-corrected chi connectivity index (χ4v) is 3.68. The summed E-state index contributed by atoms with van der Waals surface area (Å²) < 4.78 is 52.1. The maximum atomic E-state index is 13.4. The van der Waals surface area contributed by atoms with Crippen LogP contribution in [-0.4, -0.2) is 26.2 Å². The molecule has 0 unspecified atom stereocenters. The van der Waals surface area contributed by atoms with E-state index in [1.165, 1.54) is 24.3 Å². The normalized spacial score (nSPS) is 9.85. The average molecular weight is 603 g/mol. The Bertz CT molecular complexity index is 1020. The van der Waals surface area contributed by atoms with Gasteiger partial charge in [-0.3, -0.25) is 0 Å². The zero-order valence-electron chi connectivity index (χ0n) is 25.0. The SMILES string of the molecule is CCN(CC(C)C)c1ccc(F)[c-]c1F.CCN(CC(C)C)c1ccc(F)[c-]c1F.[Ti+4].c1cc[cH-]c1.c1cc[cH-]c1. The van der Waals surface area contributed by atoms with E-state index < -0.39 is 23.3 Å². The van der Waals surface area contributed by atoms with Gasteiger partial charge in [-0.2, -0.15) is 36.4 Å². The van der Waals surface area contributed by atoms with Crippen molar-refractivity contribution in [1.29, 1.82) is 0 Å². The number of hydrogen-bond donors (Lipinski definition) is 0. The molecule has 4 aromatic carbocycles. The first-order chi connectivity index (χ1) is 19.1. The van der Waals surface area contributed by atoms with Gasteiger partial charge in [-0.25, -0.2) is 41.8 Å². The van der Waals surface area contributed by atoms with Crippen LogP contribution in [0.3, 0.4) is 0 Å². The molecule has 0 aliphatic carbocycles. The summed E-state index contributed by atoms with van der Waals surface area (Å²) in [7, 11) is 0. The Morgan fingerprint density at radius 3 is 1.12 bits per heavy atom. The molecule has 0 aliphatic heterocycles. The van der Waals surface area contributed by atoms with Gasteiger partial charge in [0.25, 0.3) is 0 Å². The minimum atomic E-state index is -0.656. The molecule has 0 bridgehead atoms. The zero-order valence-corrected chi connectivity index (χ0v) is 26.5. The first-order valence-electron chi connectivity index (χ1n) is 13.7. The Morgan fingerprint density at radius 1 is 0.610 bits per heavy atom. The fraction of sp³-hybridized carbons (Fsp3) is 0.353. The summed E-state index contributed by atoms with van der Waals surface area (Å²) in [4.78, 5) is 3.77. The van der Waals surface area contributed by atoms with E-state index in [9.17, 15) is 17.6 Å². The second-order valence-corrected chi connectivity index (χ2v) is 9.80. The molecule has 0 saturated heterocycles. The Hall–Kier alpha value is -2.83. The third-order valence-electron chi connectivity index (χ3n) is 5.41. The van der Waals surface area contributed by atoms with Crippen LogP contribution >= 0.6 is 0 Å². The topological polar surface area (TPSA) is 6.48 Å². The first-order valence-corrected chi connectivity index (χ1v) is 13.7. The second kappa shape index (κ2) is 21.9. The van der Waals surface area contributed by atoms with Crippen LogP contribution in [0.15, 0.2) is 84.9 Å². The van der Waals surface area contributed by atoms with Gasteiger partial charge in [-0.05, 0) is 37.1 Å². The van der Waals surface area contributed by atoms with Crippen LogP contribution in [0.25, 0.3) is 0 Å². The van der Waals surface area contributed by atoms with Crippen LogP contribution in [0, 0.1) is 47.2 Å². The Labute approximate surface area is 259 Å². The van der Waals surface area contributed by atoms with Crippen LogP contribution in [0.4, 0.5) is 28.9 Å². The molecule has 0 atom stereocenters. The van der Waals surface area contributed by atoms with Crippen molar-refractivity contribution < 1.29 is 39.3 Å². The number of rotatable bonds is 8. The largest absolute Gasteiger partial charge is 4.00 e. The van der Waals surface area contributed by atoms with Gasteiger partial charge in [0.05, 0.1) is 0 Å². The molecule has 0 saturated carbocycles. The number of nitrogens with zero attached hydrogens (tertiary/aromatic N) is 2. The summed E-state index contributed by atoms with van der Waals surface area (Å²) in [5.41, 5.74) is 0.847. The molecule has 2 nitrogen and oxygen atoms in total. The minimum absolute atomic E-state index is 0. The Morgan fingerprint density at radius 2 is 0.927 bits per heavy atom. The minimum Gasteiger partial charge on any atom is -0.421 e. The molecule has 0 heterocycles. The fourth-order valence-electron chi connectivity index (χ4n) is 3.68. The molecule has 41 heavy (non-hydrogen) atoms. The van der Waals surface area contributed by atoms with Crippen molar-refractivity contribution in [3.05, 3.63) is 120 Å². The number of anilines is 2. The monoisotopic (exact) mass is 602 g/mol. The third-order valence-corrected chi connectivity index (χ3v) is 5.41. The second-order valence-electron chi connectivity index (χ2n) is 9.80. The molecule has 0 amide bonds. The summed E-state index contributed by atoms with van der Waals surface area (Å²) in [5, 5.41) is 0. The third kappa shape index (κ3) is 16.3. The van der Waals surface area contributed by atoms with E-state index >= 15 is 0 Å². The summed E-state index contributed by atoms with van der Waals surface area (Å²) in [6.07, 6.45) is 0. The van der Waals surface area contributed by atoms with Gasteiger partial charge in [0, 0.05) is 49.4 Å². The van der Waals surface area contributed by atoms with Crippen LogP contribution in [0.2, 0.25) is 0 Å². The Kier molecular flexibility index (Phi) is 20.4. The molecule has 0 radical (unpaired) electrons. The van der Waals surface area contributed by atoms with E-state index in [4.69, 9.17) is 0 Å². The van der Waals surface area contributed by atoms with E-state index in [1.807, 2.05) is 84.3 Å². The average Bonchev–Trinajstić information content (AvgIpc) is 3.66. The molecule has 0 spiro atoms. The predicted octanol–water partition coefficient (Wildman–Crippen LogP) is 9.30. The number of hydrogen-bond acceptors (Lipinski definition) is 2. The van der Waals surface area contributed by atoms with Crippen molar-refractivity contribution in [3.63, 3.8) is 0 Å². The number of benzene rings is 2. The van der Waals surface area contributed by atoms with Crippen LogP contribution < -0.4 is 9.80 Å². The summed E-state index contributed by atoms with van der Waals surface area (Å²) in [6, 6.07) is 29.5. The molecule has 220 valence electrons. The van der Waals surface area contributed by atoms with E-state index in [2.05, 4.69) is 39.8 Å². The summed E-state index contributed by atoms with van der Waals surface area (Å²) >= 11 is 0. The predicted molar refractivity (Wildman–Crippen MR) is 160 cm³/mol. The molecule has 0 fully saturated rings. The van der Waals surface area contributed by atoms with Crippen molar-refractivity contribution in [2.24, 2.45) is 11.8 Å². The van der Waals surface area contributed by atoms with Crippen LogP contribution in [0.5, 0.6) is 0 Å². The van der Waals surface area contributed by atoms with Crippen LogP contribution in [-0.2, 0) is 21.7 Å². The molecule has 7 heteroatoms. The zero-order chi connectivity index (χ0) is 29.9. The van der Waals surface area contributed by atoms with Gasteiger partial charge in [0.15, 0.2) is 0 Å². The van der Waals surface area contributed by atoms with E-state index in [0.717, 1.165) is 13.1 Å². The molecule has 4 aromatic rings. The van der Waals surface area contributed by atoms with E-state index in [0.29, 0.717) is 36.3 Å². The molecule has 0 N–H and O–H groups in total. The van der Waals surface area contributed by atoms with Crippen molar-refractivity contribution in [2.45, 2.75) is 41.5 Å². The molecular formula is C34H42F4N2Ti. The quantitative estimate of drug-likeness (QED) is 0.113. The molecular weight excluding hydrogens is 560 g/mol. The van der Waals surface area contributed by atoms with Gasteiger partial charge < -0.3 is 9.80 Å². The van der Waals surface area contributed by atoms with Crippen molar-refractivity contribution >= 4 is 11.4 Å². The van der Waals surface area contributed by atoms with Crippen LogP contribution in [0.1, 0.15) is 41.5 Å². The summed E-state index contributed by atoms with van der Waals surface area (Å²) in [6.45, 7) is 15.1. The van der Waals surface area contributed by atoms with Crippen molar-refractivity contribution in [3.8, 4) is 0 Å². The molecule has 0 aliphatic rings. The maximum absolute atomic E-state index is 13.4. The smallest absolute Gasteiger partial charge is 0.421 e. The molecule has 4 rings (SSSR count). The first kappa shape index (κ1) is 38.2. The van der Waals surface area contributed by atoms with Crippen molar-refractivity contribution in [1.82, 2.24) is 0 Å². The number of halogens is 4. The van der Waals surface area contributed by atoms with Gasteiger partial charge in [0.2, 0.25) is 0 Å². The Balaban J connectivity index is 0.000000573. The van der Waals surface area contributed by atoms with E-state index in [-0.39, 0.29) is 21.7 Å². The van der Waals surface area contributed by atoms with Crippen molar-refractivity contribution in [2.75, 3.05) is 36.0 Å². The standard InChI is InChI=1S/2C12H16F2N.2C5H5.Ti/c2*1-4-15(8-9(2)3)12-6-5-10(13)7-11(12)14;2*1-2-4-5-3-1;/h2*5-6,9H,4,8H2,1-3H3;2*1-5H;/q4*-1;+4. The van der Waals surface area contributed by atoms with Gasteiger partial charge in [-0.1, -0.05) is 27.7 Å². The van der Waals surface area contributed by atoms with Gasteiger partial charge >= 0.3 is 21.7 Å². The van der Waals surface area contributed by atoms with Gasteiger partial charge in [-0.15, -0.1) is 36.4 Å². The summed E-state index contributed by atoms with van der Waals surface area (Å²) in [5.74, 6) is -1.66. The van der Waals surface area contributed by atoms with E-state index in [1.54, 1.807) is 0 Å². The maximum Gasteiger partial charge on any atom is 4.00 e.